The van der Waals surface area contributed by atoms with Crippen molar-refractivity contribution in [3.05, 3.63) is 0 Å². The molecule has 2 aliphatic rings. The second-order valence-electron chi connectivity index (χ2n) is 6.79. The van der Waals surface area contributed by atoms with Crippen molar-refractivity contribution in [3.63, 3.8) is 0 Å². The minimum atomic E-state index is -0.0893. The van der Waals surface area contributed by atoms with Crippen LogP contribution in [0.15, 0.2) is 0 Å². The van der Waals surface area contributed by atoms with E-state index in [9.17, 15) is 4.79 Å². The zero-order valence-corrected chi connectivity index (χ0v) is 12.4. The Morgan fingerprint density at radius 1 is 1.26 bits per heavy atom. The summed E-state index contributed by atoms with van der Waals surface area (Å²) in [4.78, 5) is 12.1. The SMILES string of the molecule is CCCCC1CCC(C(=O)NCC2(N)CCC2)CC1. The summed E-state index contributed by atoms with van der Waals surface area (Å²) < 4.78 is 0. The highest BCUT2D eigenvalue weighted by Gasteiger charge is 2.34. The van der Waals surface area contributed by atoms with Crippen molar-refractivity contribution >= 4 is 5.91 Å². The second-order valence-corrected chi connectivity index (χ2v) is 6.79. The van der Waals surface area contributed by atoms with Crippen LogP contribution in [0.5, 0.6) is 0 Å². The van der Waals surface area contributed by atoms with E-state index in [2.05, 4.69) is 12.2 Å². The summed E-state index contributed by atoms with van der Waals surface area (Å²) in [5, 5.41) is 3.09. The topological polar surface area (TPSA) is 55.1 Å². The molecule has 0 aromatic heterocycles. The summed E-state index contributed by atoms with van der Waals surface area (Å²) >= 11 is 0. The standard InChI is InChI=1S/C16H30N2O/c1-2-3-5-13-6-8-14(9-7-13)15(19)18-12-16(17)10-4-11-16/h13-14H,2-12,17H2,1H3,(H,18,19). The molecule has 2 saturated carbocycles. The van der Waals surface area contributed by atoms with Crippen LogP contribution in [0, 0.1) is 11.8 Å². The Labute approximate surface area is 117 Å². The molecule has 0 radical (unpaired) electrons. The smallest absolute Gasteiger partial charge is 0.223 e. The first kappa shape index (κ1) is 14.8. The maximum atomic E-state index is 12.1. The van der Waals surface area contributed by atoms with E-state index in [0.29, 0.717) is 6.54 Å². The quantitative estimate of drug-likeness (QED) is 0.776. The van der Waals surface area contributed by atoms with Gasteiger partial charge in [0, 0.05) is 18.0 Å². The van der Waals surface area contributed by atoms with Crippen LogP contribution in [0.3, 0.4) is 0 Å². The fourth-order valence-electron chi connectivity index (χ4n) is 3.42. The lowest BCUT2D eigenvalue weighted by molar-refractivity contribution is -0.126. The maximum Gasteiger partial charge on any atom is 0.223 e. The molecular formula is C16H30N2O. The first-order valence-corrected chi connectivity index (χ1v) is 8.19. The number of amides is 1. The Kier molecular flexibility index (Phi) is 5.26. The van der Waals surface area contributed by atoms with E-state index >= 15 is 0 Å². The molecule has 0 bridgehead atoms. The zero-order valence-electron chi connectivity index (χ0n) is 12.4. The van der Waals surface area contributed by atoms with Gasteiger partial charge in [0.25, 0.3) is 0 Å². The number of carbonyl (C=O) groups excluding carboxylic acids is 1. The Morgan fingerprint density at radius 2 is 1.95 bits per heavy atom. The minimum absolute atomic E-state index is 0.0893. The molecule has 3 nitrogen and oxygen atoms in total. The fourth-order valence-corrected chi connectivity index (χ4v) is 3.42. The number of nitrogens with two attached hydrogens (primary N) is 1. The molecular weight excluding hydrogens is 236 g/mol. The molecule has 3 heteroatoms. The maximum absolute atomic E-state index is 12.1. The van der Waals surface area contributed by atoms with Gasteiger partial charge in [0.1, 0.15) is 0 Å². The Bertz CT molecular complexity index is 291. The Morgan fingerprint density at radius 3 is 2.47 bits per heavy atom. The van der Waals surface area contributed by atoms with Crippen molar-refractivity contribution in [1.82, 2.24) is 5.32 Å². The molecule has 2 fully saturated rings. The molecule has 0 saturated heterocycles. The molecule has 1 amide bonds. The van der Waals surface area contributed by atoms with E-state index in [4.69, 9.17) is 5.73 Å². The van der Waals surface area contributed by atoms with E-state index in [-0.39, 0.29) is 17.4 Å². The summed E-state index contributed by atoms with van der Waals surface area (Å²) in [6, 6.07) is 0. The number of unbranched alkanes of at least 4 members (excludes halogenated alkanes) is 1. The van der Waals surface area contributed by atoms with Gasteiger partial charge in [-0.1, -0.05) is 26.2 Å². The van der Waals surface area contributed by atoms with Crippen molar-refractivity contribution in [1.29, 1.82) is 0 Å². The Hall–Kier alpha value is -0.570. The largest absolute Gasteiger partial charge is 0.354 e. The first-order chi connectivity index (χ1) is 9.13. The molecule has 3 N–H and O–H groups in total. The van der Waals surface area contributed by atoms with Crippen molar-refractivity contribution in [2.45, 2.75) is 76.7 Å². The average molecular weight is 266 g/mol. The predicted octanol–water partition coefficient (Wildman–Crippen LogP) is 2.98. The number of carbonyl (C=O) groups is 1. The third-order valence-electron chi connectivity index (χ3n) is 5.15. The molecule has 0 unspecified atom stereocenters. The van der Waals surface area contributed by atoms with Gasteiger partial charge in [-0.05, 0) is 50.9 Å². The minimum Gasteiger partial charge on any atom is -0.354 e. The van der Waals surface area contributed by atoms with E-state index in [1.54, 1.807) is 0 Å². The van der Waals surface area contributed by atoms with Gasteiger partial charge in [-0.25, -0.2) is 0 Å². The Balaban J connectivity index is 1.64. The number of rotatable bonds is 6. The highest BCUT2D eigenvalue weighted by molar-refractivity contribution is 5.78. The summed E-state index contributed by atoms with van der Waals surface area (Å²) in [5.74, 6) is 1.38. The third-order valence-corrected chi connectivity index (χ3v) is 5.15. The third kappa shape index (κ3) is 4.20. The number of hydrogen-bond acceptors (Lipinski definition) is 2. The molecule has 2 aliphatic carbocycles. The molecule has 110 valence electrons. The van der Waals surface area contributed by atoms with Crippen LogP contribution in [0.25, 0.3) is 0 Å². The van der Waals surface area contributed by atoms with Crippen molar-refractivity contribution < 1.29 is 4.79 Å². The second kappa shape index (κ2) is 6.74. The molecule has 19 heavy (non-hydrogen) atoms. The van der Waals surface area contributed by atoms with Gasteiger partial charge in [-0.2, -0.15) is 0 Å². The van der Waals surface area contributed by atoms with Gasteiger partial charge in [0.15, 0.2) is 0 Å². The van der Waals surface area contributed by atoms with E-state index < -0.39 is 0 Å². The van der Waals surface area contributed by atoms with Crippen LogP contribution < -0.4 is 11.1 Å². The van der Waals surface area contributed by atoms with Crippen molar-refractivity contribution in [2.24, 2.45) is 17.6 Å². The molecule has 2 rings (SSSR count). The number of hydrogen-bond donors (Lipinski definition) is 2. The number of nitrogens with one attached hydrogen (secondary N) is 1. The lowest BCUT2D eigenvalue weighted by atomic mass is 9.77. The molecule has 0 aliphatic heterocycles. The van der Waals surface area contributed by atoms with E-state index in [1.165, 1.54) is 38.5 Å². The average Bonchev–Trinajstić information content (AvgIpc) is 2.41. The summed E-state index contributed by atoms with van der Waals surface area (Å²) in [6.07, 6.45) is 12.0. The van der Waals surface area contributed by atoms with Crippen LogP contribution in [0.4, 0.5) is 0 Å². The molecule has 0 atom stereocenters. The first-order valence-electron chi connectivity index (χ1n) is 8.19. The van der Waals surface area contributed by atoms with Gasteiger partial charge in [-0.3, -0.25) is 4.79 Å². The highest BCUT2D eigenvalue weighted by atomic mass is 16.1. The highest BCUT2D eigenvalue weighted by Crippen LogP contribution is 2.32. The van der Waals surface area contributed by atoms with Crippen LogP contribution in [-0.2, 0) is 4.79 Å². The van der Waals surface area contributed by atoms with E-state index in [1.807, 2.05) is 0 Å². The van der Waals surface area contributed by atoms with Crippen molar-refractivity contribution in [3.8, 4) is 0 Å². The lowest BCUT2D eigenvalue weighted by Gasteiger charge is -2.38. The van der Waals surface area contributed by atoms with Gasteiger partial charge in [0.05, 0.1) is 0 Å². The van der Waals surface area contributed by atoms with Gasteiger partial charge in [-0.15, -0.1) is 0 Å². The molecule has 0 heterocycles. The van der Waals surface area contributed by atoms with Crippen LogP contribution in [0.1, 0.15) is 71.1 Å². The summed E-state index contributed by atoms with van der Waals surface area (Å²) in [7, 11) is 0. The normalized spacial score (nSPS) is 29.6. The van der Waals surface area contributed by atoms with Crippen molar-refractivity contribution in [2.75, 3.05) is 6.54 Å². The summed E-state index contributed by atoms with van der Waals surface area (Å²) in [6.45, 7) is 2.93. The van der Waals surface area contributed by atoms with E-state index in [0.717, 1.165) is 31.6 Å². The van der Waals surface area contributed by atoms with Gasteiger partial charge in [0.2, 0.25) is 5.91 Å². The summed E-state index contributed by atoms with van der Waals surface area (Å²) in [5.41, 5.74) is 6.05. The zero-order chi connectivity index (χ0) is 13.7. The van der Waals surface area contributed by atoms with Gasteiger partial charge < -0.3 is 11.1 Å². The molecule has 0 aromatic carbocycles. The van der Waals surface area contributed by atoms with Crippen LogP contribution >= 0.6 is 0 Å². The van der Waals surface area contributed by atoms with Crippen LogP contribution in [0.2, 0.25) is 0 Å². The molecule has 0 spiro atoms. The van der Waals surface area contributed by atoms with Crippen LogP contribution in [-0.4, -0.2) is 18.0 Å². The molecule has 0 aromatic rings. The predicted molar refractivity (Wildman–Crippen MR) is 78.8 cm³/mol. The lowest BCUT2D eigenvalue weighted by Crippen LogP contribution is -2.55. The fraction of sp³-hybridized carbons (Fsp3) is 0.938. The monoisotopic (exact) mass is 266 g/mol. The van der Waals surface area contributed by atoms with Gasteiger partial charge >= 0.3 is 0 Å².